The van der Waals surface area contributed by atoms with E-state index >= 15 is 0 Å². The van der Waals surface area contributed by atoms with E-state index in [1.54, 1.807) is 17.8 Å². The maximum absolute atomic E-state index is 10.6. The monoisotopic (exact) mass is 251 g/mol. The van der Waals surface area contributed by atoms with Gasteiger partial charge in [-0.2, -0.15) is 17.0 Å². The number of nitro benzene ring substituents is 1. The van der Waals surface area contributed by atoms with Crippen LogP contribution >= 0.6 is 11.8 Å². The Hall–Kier alpha value is -1.74. The fourth-order valence-corrected chi connectivity index (χ4v) is 1.78. The number of benzene rings is 1. The topological polar surface area (TPSA) is 79.0 Å². The van der Waals surface area contributed by atoms with Crippen LogP contribution in [0.4, 0.5) is 11.4 Å². The third kappa shape index (κ3) is 3.96. The molecule has 0 aromatic heterocycles. The second kappa shape index (κ2) is 6.76. The van der Waals surface area contributed by atoms with E-state index in [-0.39, 0.29) is 11.3 Å². The molecule has 1 aromatic rings. The van der Waals surface area contributed by atoms with Crippen molar-refractivity contribution in [1.29, 1.82) is 5.26 Å². The third-order valence-electron chi connectivity index (χ3n) is 2.17. The SMILES string of the molecule is CSCCCNc1ccc([N+](=O)[O-])c(C#N)c1. The normalized spacial score (nSPS) is 9.65. The van der Waals surface area contributed by atoms with Gasteiger partial charge in [-0.15, -0.1) is 0 Å². The van der Waals surface area contributed by atoms with Crippen molar-refractivity contribution in [3.63, 3.8) is 0 Å². The summed E-state index contributed by atoms with van der Waals surface area (Å²) in [6.45, 7) is 0.795. The van der Waals surface area contributed by atoms with Gasteiger partial charge in [-0.05, 0) is 30.6 Å². The smallest absolute Gasteiger partial charge is 0.287 e. The molecule has 0 heterocycles. The number of rotatable bonds is 6. The molecule has 0 aliphatic rings. The van der Waals surface area contributed by atoms with Crippen LogP contribution < -0.4 is 5.32 Å². The molecule has 1 aromatic carbocycles. The predicted octanol–water partition coefficient (Wildman–Crippen LogP) is 2.63. The first-order valence-corrected chi connectivity index (χ1v) is 6.49. The van der Waals surface area contributed by atoms with Gasteiger partial charge in [0.05, 0.1) is 4.92 Å². The van der Waals surface area contributed by atoms with Crippen molar-refractivity contribution in [2.24, 2.45) is 0 Å². The van der Waals surface area contributed by atoms with Gasteiger partial charge in [-0.3, -0.25) is 10.1 Å². The van der Waals surface area contributed by atoms with Crippen molar-refractivity contribution in [3.8, 4) is 6.07 Å². The summed E-state index contributed by atoms with van der Waals surface area (Å²) in [5, 5.41) is 22.6. The van der Waals surface area contributed by atoms with Crippen LogP contribution in [0.5, 0.6) is 0 Å². The molecule has 0 unspecified atom stereocenters. The standard InChI is InChI=1S/C11H13N3O2S/c1-17-6-2-5-13-10-3-4-11(14(15)16)9(7-10)8-12/h3-4,7,13H,2,5-6H2,1H3. The Morgan fingerprint density at radius 3 is 2.94 bits per heavy atom. The molecule has 0 bridgehead atoms. The van der Waals surface area contributed by atoms with Crippen LogP contribution in [0.1, 0.15) is 12.0 Å². The van der Waals surface area contributed by atoms with Crippen molar-refractivity contribution >= 4 is 23.1 Å². The summed E-state index contributed by atoms with van der Waals surface area (Å²) in [6.07, 6.45) is 3.06. The van der Waals surface area contributed by atoms with E-state index in [2.05, 4.69) is 5.32 Å². The molecular formula is C11H13N3O2S. The van der Waals surface area contributed by atoms with Crippen LogP contribution in [-0.4, -0.2) is 23.5 Å². The Bertz CT molecular complexity index is 443. The largest absolute Gasteiger partial charge is 0.385 e. The number of anilines is 1. The zero-order valence-electron chi connectivity index (χ0n) is 9.47. The lowest BCUT2D eigenvalue weighted by Crippen LogP contribution is -2.03. The van der Waals surface area contributed by atoms with Gasteiger partial charge in [0.2, 0.25) is 0 Å². The zero-order chi connectivity index (χ0) is 12.7. The number of nitrogens with zero attached hydrogens (tertiary/aromatic N) is 2. The van der Waals surface area contributed by atoms with Gasteiger partial charge < -0.3 is 5.32 Å². The van der Waals surface area contributed by atoms with E-state index in [0.717, 1.165) is 24.4 Å². The Balaban J connectivity index is 2.70. The number of nitrogens with one attached hydrogen (secondary N) is 1. The molecule has 0 radical (unpaired) electrons. The van der Waals surface area contributed by atoms with Gasteiger partial charge in [0.25, 0.3) is 5.69 Å². The van der Waals surface area contributed by atoms with E-state index in [1.165, 1.54) is 12.1 Å². The molecule has 90 valence electrons. The van der Waals surface area contributed by atoms with E-state index < -0.39 is 4.92 Å². The van der Waals surface area contributed by atoms with E-state index in [9.17, 15) is 10.1 Å². The minimum Gasteiger partial charge on any atom is -0.385 e. The highest BCUT2D eigenvalue weighted by Crippen LogP contribution is 2.21. The lowest BCUT2D eigenvalue weighted by molar-refractivity contribution is -0.385. The minimum atomic E-state index is -0.546. The van der Waals surface area contributed by atoms with E-state index in [0.29, 0.717) is 0 Å². The lowest BCUT2D eigenvalue weighted by atomic mass is 10.1. The number of thioether (sulfide) groups is 1. The summed E-state index contributed by atoms with van der Waals surface area (Å²) in [6, 6.07) is 6.32. The summed E-state index contributed by atoms with van der Waals surface area (Å²) in [4.78, 5) is 10.1. The first-order valence-electron chi connectivity index (χ1n) is 5.10. The Morgan fingerprint density at radius 2 is 2.35 bits per heavy atom. The zero-order valence-corrected chi connectivity index (χ0v) is 10.3. The van der Waals surface area contributed by atoms with Crippen LogP contribution in [-0.2, 0) is 0 Å². The van der Waals surface area contributed by atoms with Gasteiger partial charge in [0.1, 0.15) is 11.6 Å². The molecule has 0 atom stereocenters. The quantitative estimate of drug-likeness (QED) is 0.477. The van der Waals surface area contributed by atoms with Crippen LogP contribution in [0.25, 0.3) is 0 Å². The average Bonchev–Trinajstić information content (AvgIpc) is 2.34. The van der Waals surface area contributed by atoms with Crippen molar-refractivity contribution in [1.82, 2.24) is 0 Å². The van der Waals surface area contributed by atoms with Gasteiger partial charge in [0, 0.05) is 18.3 Å². The highest BCUT2D eigenvalue weighted by molar-refractivity contribution is 7.98. The molecule has 6 heteroatoms. The molecule has 5 nitrogen and oxygen atoms in total. The maximum Gasteiger partial charge on any atom is 0.287 e. The highest BCUT2D eigenvalue weighted by Gasteiger charge is 2.13. The Morgan fingerprint density at radius 1 is 1.59 bits per heavy atom. The molecule has 0 aliphatic carbocycles. The lowest BCUT2D eigenvalue weighted by Gasteiger charge is -2.05. The van der Waals surface area contributed by atoms with Crippen molar-refractivity contribution in [3.05, 3.63) is 33.9 Å². The number of hydrogen-bond acceptors (Lipinski definition) is 5. The Kier molecular flexibility index (Phi) is 5.30. The highest BCUT2D eigenvalue weighted by atomic mass is 32.2. The number of nitriles is 1. The van der Waals surface area contributed by atoms with E-state index in [1.807, 2.05) is 12.3 Å². The van der Waals surface area contributed by atoms with Gasteiger partial charge in [-0.25, -0.2) is 0 Å². The maximum atomic E-state index is 10.6. The van der Waals surface area contributed by atoms with Crippen LogP contribution in [0, 0.1) is 21.4 Å². The number of nitro groups is 1. The summed E-state index contributed by atoms with van der Waals surface area (Å²) >= 11 is 1.77. The molecule has 0 saturated carbocycles. The van der Waals surface area contributed by atoms with Crippen LogP contribution in [0.15, 0.2) is 18.2 Å². The third-order valence-corrected chi connectivity index (χ3v) is 2.86. The summed E-state index contributed by atoms with van der Waals surface area (Å²) in [7, 11) is 0. The van der Waals surface area contributed by atoms with E-state index in [4.69, 9.17) is 5.26 Å². The van der Waals surface area contributed by atoms with Crippen molar-refractivity contribution < 1.29 is 4.92 Å². The molecule has 0 spiro atoms. The number of hydrogen-bond donors (Lipinski definition) is 1. The summed E-state index contributed by atoms with van der Waals surface area (Å²) < 4.78 is 0. The second-order valence-electron chi connectivity index (χ2n) is 3.37. The molecule has 0 fully saturated rings. The van der Waals surface area contributed by atoms with Gasteiger partial charge >= 0.3 is 0 Å². The van der Waals surface area contributed by atoms with Crippen LogP contribution in [0.3, 0.4) is 0 Å². The van der Waals surface area contributed by atoms with Gasteiger partial charge in [0.15, 0.2) is 0 Å². The summed E-state index contributed by atoms with van der Waals surface area (Å²) in [5.74, 6) is 1.06. The Labute approximate surface area is 104 Å². The molecule has 17 heavy (non-hydrogen) atoms. The molecule has 0 amide bonds. The predicted molar refractivity (Wildman–Crippen MR) is 69.3 cm³/mol. The molecular weight excluding hydrogens is 238 g/mol. The van der Waals surface area contributed by atoms with Crippen molar-refractivity contribution in [2.75, 3.05) is 23.9 Å². The molecule has 0 aliphatic heterocycles. The minimum absolute atomic E-state index is 0.0878. The van der Waals surface area contributed by atoms with Gasteiger partial charge in [-0.1, -0.05) is 0 Å². The molecule has 1 N–H and O–H groups in total. The first kappa shape index (κ1) is 13.3. The molecule has 1 rings (SSSR count). The second-order valence-corrected chi connectivity index (χ2v) is 4.36. The van der Waals surface area contributed by atoms with Crippen molar-refractivity contribution in [2.45, 2.75) is 6.42 Å². The first-order chi connectivity index (χ1) is 8.19. The van der Waals surface area contributed by atoms with Crippen LogP contribution in [0.2, 0.25) is 0 Å². The average molecular weight is 251 g/mol. The summed E-state index contributed by atoms with van der Waals surface area (Å²) in [5.41, 5.74) is 0.681. The molecule has 0 saturated heterocycles. The fraction of sp³-hybridized carbons (Fsp3) is 0.364. The fourth-order valence-electron chi connectivity index (χ4n) is 1.34.